The van der Waals surface area contributed by atoms with Gasteiger partial charge in [0.1, 0.15) is 5.75 Å². The number of hydrazone groups is 1. The van der Waals surface area contributed by atoms with Crippen LogP contribution in [0, 0.1) is 0 Å². The highest BCUT2D eigenvalue weighted by Crippen LogP contribution is 2.22. The van der Waals surface area contributed by atoms with Crippen LogP contribution in [-0.4, -0.2) is 18.2 Å². The first kappa shape index (κ1) is 18.3. The second-order valence-electron chi connectivity index (χ2n) is 5.14. The van der Waals surface area contributed by atoms with E-state index in [-0.39, 0.29) is 5.91 Å². The summed E-state index contributed by atoms with van der Waals surface area (Å²) in [6.07, 6.45) is 0.935. The predicted octanol–water partition coefficient (Wildman–Crippen LogP) is 4.94. The average molecular weight is 365 g/mol. The highest BCUT2D eigenvalue weighted by atomic mass is 35.5. The van der Waals surface area contributed by atoms with E-state index in [4.69, 9.17) is 27.9 Å². The molecule has 2 aromatic rings. The lowest BCUT2D eigenvalue weighted by Crippen LogP contribution is -2.19. The van der Waals surface area contributed by atoms with Crippen LogP contribution in [0.3, 0.4) is 0 Å². The second-order valence-corrected chi connectivity index (χ2v) is 5.95. The molecule has 0 saturated carbocycles. The van der Waals surface area contributed by atoms with Gasteiger partial charge in [-0.1, -0.05) is 36.2 Å². The lowest BCUT2D eigenvalue weighted by atomic mass is 10.1. The fourth-order valence-corrected chi connectivity index (χ4v) is 2.21. The lowest BCUT2D eigenvalue weighted by molar-refractivity contribution is 0.0955. The summed E-state index contributed by atoms with van der Waals surface area (Å²) in [6.45, 7) is 4.47. The highest BCUT2D eigenvalue weighted by molar-refractivity contribution is 6.42. The molecule has 4 nitrogen and oxygen atoms in total. The van der Waals surface area contributed by atoms with Crippen molar-refractivity contribution in [1.29, 1.82) is 0 Å². The number of carbonyl (C=O) groups excluding carboxylic acids is 1. The molecule has 0 aliphatic carbocycles. The molecule has 0 aromatic heterocycles. The summed E-state index contributed by atoms with van der Waals surface area (Å²) >= 11 is 11.9. The zero-order chi connectivity index (χ0) is 17.5. The first-order chi connectivity index (χ1) is 11.5. The third-order valence-corrected chi connectivity index (χ3v) is 3.99. The van der Waals surface area contributed by atoms with E-state index >= 15 is 0 Å². The lowest BCUT2D eigenvalue weighted by Gasteiger charge is -2.06. The number of rotatable bonds is 6. The van der Waals surface area contributed by atoms with Gasteiger partial charge in [-0.25, -0.2) is 5.43 Å². The van der Waals surface area contributed by atoms with Gasteiger partial charge >= 0.3 is 0 Å². The molecule has 0 heterocycles. The van der Waals surface area contributed by atoms with E-state index < -0.39 is 0 Å². The number of ether oxygens (including phenoxy) is 1. The number of nitrogens with zero attached hydrogens (tertiary/aromatic N) is 1. The van der Waals surface area contributed by atoms with Crippen LogP contribution in [0.25, 0.3) is 0 Å². The van der Waals surface area contributed by atoms with Crippen molar-refractivity contribution in [2.24, 2.45) is 5.10 Å². The molecule has 0 bridgehead atoms. The van der Waals surface area contributed by atoms with Gasteiger partial charge in [-0.3, -0.25) is 4.79 Å². The van der Waals surface area contributed by atoms with Crippen LogP contribution in [0.15, 0.2) is 47.6 Å². The zero-order valence-electron chi connectivity index (χ0n) is 13.5. The Morgan fingerprint density at radius 3 is 2.38 bits per heavy atom. The molecule has 0 unspecified atom stereocenters. The zero-order valence-corrected chi connectivity index (χ0v) is 15.0. The van der Waals surface area contributed by atoms with Crippen molar-refractivity contribution >= 4 is 34.8 Å². The predicted molar refractivity (Wildman–Crippen MR) is 98.4 cm³/mol. The summed E-state index contributed by atoms with van der Waals surface area (Å²) in [6, 6.07) is 12.1. The Balaban J connectivity index is 2.01. The SMILES string of the molecule is CCCOc1ccc(C(=O)N/N=C(\C)c2ccc(Cl)c(Cl)c2)cc1. The number of halogens is 2. The van der Waals surface area contributed by atoms with Crippen LogP contribution in [0.2, 0.25) is 10.0 Å². The van der Waals surface area contributed by atoms with Gasteiger partial charge < -0.3 is 4.74 Å². The third kappa shape index (κ3) is 4.98. The van der Waals surface area contributed by atoms with Crippen molar-refractivity contribution in [2.75, 3.05) is 6.61 Å². The summed E-state index contributed by atoms with van der Waals surface area (Å²) in [5.41, 5.74) is 4.44. The van der Waals surface area contributed by atoms with Crippen molar-refractivity contribution < 1.29 is 9.53 Å². The molecule has 0 fully saturated rings. The first-order valence-electron chi connectivity index (χ1n) is 7.54. The monoisotopic (exact) mass is 364 g/mol. The van der Waals surface area contributed by atoms with Gasteiger partial charge in [-0.15, -0.1) is 0 Å². The van der Waals surface area contributed by atoms with Gasteiger partial charge in [-0.05, 0) is 55.3 Å². The van der Waals surface area contributed by atoms with E-state index in [9.17, 15) is 4.79 Å². The topological polar surface area (TPSA) is 50.7 Å². The van der Waals surface area contributed by atoms with Gasteiger partial charge in [0, 0.05) is 5.56 Å². The number of nitrogens with one attached hydrogen (secondary N) is 1. The van der Waals surface area contributed by atoms with Crippen molar-refractivity contribution in [1.82, 2.24) is 5.43 Å². The Morgan fingerprint density at radius 2 is 1.75 bits per heavy atom. The van der Waals surface area contributed by atoms with Crippen LogP contribution < -0.4 is 10.2 Å². The van der Waals surface area contributed by atoms with Gasteiger partial charge in [0.2, 0.25) is 0 Å². The molecule has 0 aliphatic rings. The fourth-order valence-electron chi connectivity index (χ4n) is 1.91. The van der Waals surface area contributed by atoms with Crippen LogP contribution in [0.1, 0.15) is 36.2 Å². The number of carbonyl (C=O) groups is 1. The van der Waals surface area contributed by atoms with Crippen molar-refractivity contribution in [2.45, 2.75) is 20.3 Å². The number of amides is 1. The maximum Gasteiger partial charge on any atom is 0.271 e. The molecule has 0 radical (unpaired) electrons. The summed E-state index contributed by atoms with van der Waals surface area (Å²) in [4.78, 5) is 12.1. The van der Waals surface area contributed by atoms with Gasteiger partial charge in [0.15, 0.2) is 0 Å². The van der Waals surface area contributed by atoms with Crippen LogP contribution >= 0.6 is 23.2 Å². The van der Waals surface area contributed by atoms with E-state index in [0.717, 1.165) is 17.7 Å². The Morgan fingerprint density at radius 1 is 1.08 bits per heavy atom. The van der Waals surface area contributed by atoms with Crippen molar-refractivity contribution in [3.63, 3.8) is 0 Å². The van der Waals surface area contributed by atoms with Crippen molar-refractivity contribution in [3.8, 4) is 5.75 Å². The maximum absolute atomic E-state index is 12.1. The minimum atomic E-state index is -0.295. The van der Waals surface area contributed by atoms with Crippen LogP contribution in [0.5, 0.6) is 5.75 Å². The number of benzene rings is 2. The highest BCUT2D eigenvalue weighted by Gasteiger charge is 2.06. The molecule has 2 rings (SSSR count). The molecule has 6 heteroatoms. The van der Waals surface area contributed by atoms with E-state index in [2.05, 4.69) is 10.5 Å². The quantitative estimate of drug-likeness (QED) is 0.583. The van der Waals surface area contributed by atoms with Crippen LogP contribution in [-0.2, 0) is 0 Å². The summed E-state index contributed by atoms with van der Waals surface area (Å²) in [5, 5.41) is 5.01. The Bertz CT molecular complexity index is 743. The summed E-state index contributed by atoms with van der Waals surface area (Å²) in [5.74, 6) is 0.445. The van der Waals surface area contributed by atoms with E-state index in [1.165, 1.54) is 0 Å². The van der Waals surface area contributed by atoms with Gasteiger partial charge in [-0.2, -0.15) is 5.10 Å². The molecule has 0 atom stereocenters. The molecule has 1 N–H and O–H groups in total. The maximum atomic E-state index is 12.1. The molecule has 2 aromatic carbocycles. The number of hydrogen-bond acceptors (Lipinski definition) is 3. The molecule has 0 saturated heterocycles. The Labute approximate surface area is 151 Å². The minimum absolute atomic E-state index is 0.295. The molecule has 24 heavy (non-hydrogen) atoms. The van der Waals surface area contributed by atoms with E-state index in [1.54, 1.807) is 49.4 Å². The fraction of sp³-hybridized carbons (Fsp3) is 0.222. The molecular formula is C18H18Cl2N2O2. The first-order valence-corrected chi connectivity index (χ1v) is 8.29. The largest absolute Gasteiger partial charge is 0.494 e. The molecule has 126 valence electrons. The molecular weight excluding hydrogens is 347 g/mol. The Kier molecular flexibility index (Phi) is 6.64. The number of hydrogen-bond donors (Lipinski definition) is 1. The standard InChI is InChI=1S/C18H18Cl2N2O2/c1-3-10-24-15-7-4-13(5-8-15)18(23)22-21-12(2)14-6-9-16(19)17(20)11-14/h4-9,11H,3,10H2,1-2H3,(H,22,23)/b21-12+. The second kappa shape index (κ2) is 8.71. The van der Waals surface area contributed by atoms with Crippen molar-refractivity contribution in [3.05, 3.63) is 63.6 Å². The minimum Gasteiger partial charge on any atom is -0.494 e. The molecule has 0 aliphatic heterocycles. The van der Waals surface area contributed by atoms with Gasteiger partial charge in [0.05, 0.1) is 22.4 Å². The average Bonchev–Trinajstić information content (AvgIpc) is 2.60. The van der Waals surface area contributed by atoms with E-state index in [0.29, 0.717) is 27.9 Å². The smallest absolute Gasteiger partial charge is 0.271 e. The summed E-state index contributed by atoms with van der Waals surface area (Å²) < 4.78 is 5.48. The van der Waals surface area contributed by atoms with E-state index in [1.807, 2.05) is 6.92 Å². The van der Waals surface area contributed by atoms with Gasteiger partial charge in [0.25, 0.3) is 5.91 Å². The molecule has 1 amide bonds. The molecule has 0 spiro atoms. The normalized spacial score (nSPS) is 11.2. The Hall–Kier alpha value is -2.04. The van der Waals surface area contributed by atoms with Crippen LogP contribution in [0.4, 0.5) is 0 Å². The summed E-state index contributed by atoms with van der Waals surface area (Å²) in [7, 11) is 0. The third-order valence-electron chi connectivity index (χ3n) is 3.25.